The van der Waals surface area contributed by atoms with Gasteiger partial charge in [-0.3, -0.25) is 9.36 Å². The van der Waals surface area contributed by atoms with Crippen LogP contribution in [0, 0.1) is 0 Å². The summed E-state index contributed by atoms with van der Waals surface area (Å²) in [5.74, 6) is -1.27. The summed E-state index contributed by atoms with van der Waals surface area (Å²) in [5.41, 5.74) is -2.46. The zero-order valence-corrected chi connectivity index (χ0v) is 13.6. The summed E-state index contributed by atoms with van der Waals surface area (Å²) >= 11 is 0. The number of rotatable bonds is 6. The Balaban J connectivity index is 2.87. The molecule has 5 nitrogen and oxygen atoms in total. The van der Waals surface area contributed by atoms with Crippen LogP contribution in [0.1, 0.15) is 24.5 Å². The van der Waals surface area contributed by atoms with E-state index in [2.05, 4.69) is 0 Å². The first-order chi connectivity index (χ1) is 10.8. The van der Waals surface area contributed by atoms with Crippen LogP contribution in [0.2, 0.25) is 0 Å². The van der Waals surface area contributed by atoms with Crippen LogP contribution in [0.3, 0.4) is 0 Å². The van der Waals surface area contributed by atoms with Crippen molar-refractivity contribution in [3.05, 3.63) is 71.8 Å². The van der Waals surface area contributed by atoms with E-state index in [4.69, 9.17) is 0 Å². The van der Waals surface area contributed by atoms with E-state index in [1.54, 1.807) is 67.6 Å². The summed E-state index contributed by atoms with van der Waals surface area (Å²) in [6.45, 7) is 1.59. The van der Waals surface area contributed by atoms with Crippen molar-refractivity contribution in [3.63, 3.8) is 0 Å². The second-order valence-electron chi connectivity index (χ2n) is 5.36. The van der Waals surface area contributed by atoms with E-state index in [1.165, 1.54) is 0 Å². The maximum Gasteiger partial charge on any atom is 0.330 e. The number of hydrogen-bond donors (Lipinski definition) is 3. The van der Waals surface area contributed by atoms with E-state index in [0.29, 0.717) is 11.1 Å². The first-order valence-corrected chi connectivity index (χ1v) is 8.93. The molecule has 0 aliphatic carbocycles. The molecule has 0 saturated heterocycles. The van der Waals surface area contributed by atoms with Gasteiger partial charge in [-0.2, -0.15) is 0 Å². The summed E-state index contributed by atoms with van der Waals surface area (Å²) in [6, 6.07) is 16.5. The SMILES string of the molecule is CCC(C(C(=O)O)(c1ccccc1)c1ccccc1)P(=O)(O)O. The summed E-state index contributed by atoms with van der Waals surface area (Å²) in [5, 5.41) is 10.1. The standard InChI is InChI=1S/C17H19O5P/c1-2-15(23(20,21)22)17(16(18)19,13-9-5-3-6-10-13)14-11-7-4-8-12-14/h3-12,15H,2H2,1H3,(H,18,19)(H2,20,21,22). The van der Waals surface area contributed by atoms with Gasteiger partial charge < -0.3 is 14.9 Å². The summed E-state index contributed by atoms with van der Waals surface area (Å²) in [4.78, 5) is 32.0. The smallest absolute Gasteiger partial charge is 0.330 e. The molecule has 0 amide bonds. The van der Waals surface area contributed by atoms with Crippen LogP contribution in [-0.4, -0.2) is 26.5 Å². The third-order valence-electron chi connectivity index (χ3n) is 4.09. The lowest BCUT2D eigenvalue weighted by Gasteiger charge is -2.38. The predicted molar refractivity (Wildman–Crippen MR) is 87.4 cm³/mol. The van der Waals surface area contributed by atoms with Crippen molar-refractivity contribution in [2.45, 2.75) is 24.4 Å². The first kappa shape index (κ1) is 17.4. The molecule has 1 unspecified atom stereocenters. The van der Waals surface area contributed by atoms with Crippen LogP contribution in [0.4, 0.5) is 0 Å². The Bertz CT molecular complexity index is 669. The Morgan fingerprint density at radius 3 is 1.65 bits per heavy atom. The monoisotopic (exact) mass is 334 g/mol. The van der Waals surface area contributed by atoms with Gasteiger partial charge in [0.2, 0.25) is 0 Å². The molecule has 0 radical (unpaired) electrons. The molecule has 0 fully saturated rings. The molecule has 0 saturated carbocycles. The zero-order chi connectivity index (χ0) is 17.1. The van der Waals surface area contributed by atoms with Crippen molar-refractivity contribution < 1.29 is 24.3 Å². The molecule has 2 aromatic rings. The molecule has 2 aromatic carbocycles. The van der Waals surface area contributed by atoms with E-state index in [-0.39, 0.29) is 6.42 Å². The minimum absolute atomic E-state index is 0.0281. The van der Waals surface area contributed by atoms with Gasteiger partial charge in [-0.1, -0.05) is 67.6 Å². The quantitative estimate of drug-likeness (QED) is 0.706. The van der Waals surface area contributed by atoms with Crippen molar-refractivity contribution in [1.82, 2.24) is 0 Å². The largest absolute Gasteiger partial charge is 0.480 e. The number of aliphatic carboxylic acids is 1. The molecule has 0 aliphatic rings. The Morgan fingerprint density at radius 2 is 1.39 bits per heavy atom. The predicted octanol–water partition coefficient (Wildman–Crippen LogP) is 3.01. The maximum absolute atomic E-state index is 12.3. The second-order valence-corrected chi connectivity index (χ2v) is 7.16. The molecule has 0 heterocycles. The molecule has 1 atom stereocenters. The van der Waals surface area contributed by atoms with Gasteiger partial charge in [-0.25, -0.2) is 0 Å². The van der Waals surface area contributed by atoms with Crippen LogP contribution in [-0.2, 0) is 14.8 Å². The van der Waals surface area contributed by atoms with Crippen LogP contribution in [0.25, 0.3) is 0 Å². The molecule has 23 heavy (non-hydrogen) atoms. The lowest BCUT2D eigenvalue weighted by Crippen LogP contribution is -2.47. The van der Waals surface area contributed by atoms with Crippen molar-refractivity contribution in [3.8, 4) is 0 Å². The minimum Gasteiger partial charge on any atom is -0.480 e. The van der Waals surface area contributed by atoms with Crippen molar-refractivity contribution >= 4 is 13.6 Å². The number of carboxylic acid groups (broad SMARTS) is 1. The van der Waals surface area contributed by atoms with Gasteiger partial charge in [-0.15, -0.1) is 0 Å². The molecular formula is C17H19O5P. The second kappa shape index (κ2) is 6.67. The summed E-state index contributed by atoms with van der Waals surface area (Å²) < 4.78 is 12.1. The molecule has 2 rings (SSSR count). The van der Waals surface area contributed by atoms with Gasteiger partial charge in [0.25, 0.3) is 0 Å². The fourth-order valence-electron chi connectivity index (χ4n) is 3.14. The lowest BCUT2D eigenvalue weighted by atomic mass is 9.71. The van der Waals surface area contributed by atoms with Gasteiger partial charge in [0.1, 0.15) is 5.41 Å². The summed E-state index contributed by atoms with van der Waals surface area (Å²) in [6.07, 6.45) is 0.0281. The van der Waals surface area contributed by atoms with Crippen LogP contribution in [0.5, 0.6) is 0 Å². The van der Waals surface area contributed by atoms with E-state index in [9.17, 15) is 24.3 Å². The molecule has 0 spiro atoms. The topological polar surface area (TPSA) is 94.8 Å². The van der Waals surface area contributed by atoms with Crippen LogP contribution >= 0.6 is 7.60 Å². The number of benzene rings is 2. The number of carboxylic acids is 1. The number of hydrogen-bond acceptors (Lipinski definition) is 2. The normalized spacial score (nSPS) is 13.5. The zero-order valence-electron chi connectivity index (χ0n) is 12.7. The third-order valence-corrected chi connectivity index (χ3v) is 5.65. The van der Waals surface area contributed by atoms with E-state index in [0.717, 1.165) is 0 Å². The fourth-order valence-corrected chi connectivity index (χ4v) is 4.53. The lowest BCUT2D eigenvalue weighted by molar-refractivity contribution is -0.142. The highest BCUT2D eigenvalue weighted by molar-refractivity contribution is 7.52. The van der Waals surface area contributed by atoms with E-state index < -0.39 is 24.6 Å². The molecular weight excluding hydrogens is 315 g/mol. The molecule has 0 aromatic heterocycles. The summed E-state index contributed by atoms with van der Waals surface area (Å²) in [7, 11) is -4.66. The number of carbonyl (C=O) groups is 1. The van der Waals surface area contributed by atoms with E-state index >= 15 is 0 Å². The average Bonchev–Trinajstić information content (AvgIpc) is 2.52. The fraction of sp³-hybridized carbons (Fsp3) is 0.235. The van der Waals surface area contributed by atoms with Crippen LogP contribution < -0.4 is 0 Å². The maximum atomic E-state index is 12.3. The van der Waals surface area contributed by atoms with Gasteiger partial charge in [0, 0.05) is 0 Å². The molecule has 122 valence electrons. The Kier molecular flexibility index (Phi) is 5.05. The van der Waals surface area contributed by atoms with Crippen LogP contribution in [0.15, 0.2) is 60.7 Å². The van der Waals surface area contributed by atoms with Crippen molar-refractivity contribution in [1.29, 1.82) is 0 Å². The van der Waals surface area contributed by atoms with Gasteiger partial charge in [0.05, 0.1) is 5.66 Å². The van der Waals surface area contributed by atoms with Crippen molar-refractivity contribution in [2.75, 3.05) is 0 Å². The van der Waals surface area contributed by atoms with E-state index in [1.807, 2.05) is 0 Å². The highest BCUT2D eigenvalue weighted by Gasteiger charge is 2.55. The Morgan fingerprint density at radius 1 is 1.00 bits per heavy atom. The Labute approximate surface area is 134 Å². The molecule has 0 bridgehead atoms. The van der Waals surface area contributed by atoms with Crippen molar-refractivity contribution in [2.24, 2.45) is 0 Å². The highest BCUT2D eigenvalue weighted by atomic mass is 31.2. The van der Waals surface area contributed by atoms with Gasteiger partial charge in [0.15, 0.2) is 0 Å². The van der Waals surface area contributed by atoms with Gasteiger partial charge >= 0.3 is 13.6 Å². The average molecular weight is 334 g/mol. The molecule has 6 heteroatoms. The highest BCUT2D eigenvalue weighted by Crippen LogP contribution is 2.55. The first-order valence-electron chi connectivity index (χ1n) is 7.24. The molecule has 0 aliphatic heterocycles. The van der Waals surface area contributed by atoms with Gasteiger partial charge in [-0.05, 0) is 17.5 Å². The minimum atomic E-state index is -4.66. The molecule has 3 N–H and O–H groups in total. The Hall–Kier alpha value is -1.94. The third kappa shape index (κ3) is 3.08.